The molecule has 12 nitrogen and oxygen atoms in total. The Morgan fingerprint density at radius 1 is 1.23 bits per heavy atom. The van der Waals surface area contributed by atoms with Crippen LogP contribution in [0.5, 0.6) is 5.75 Å². The normalized spacial score (nSPS) is 26.3. The fraction of sp³-hybridized carbons (Fsp3) is 0.370. The number of amides is 2. The number of aromatic hydroxyl groups is 1. The highest BCUT2D eigenvalue weighted by Gasteiger charge is 2.64. The number of aromatic nitrogens is 1. The van der Waals surface area contributed by atoms with Gasteiger partial charge in [0.2, 0.25) is 5.78 Å². The van der Waals surface area contributed by atoms with E-state index in [-0.39, 0.29) is 41.8 Å². The van der Waals surface area contributed by atoms with Crippen molar-refractivity contribution in [2.75, 3.05) is 0 Å². The maximum Gasteiger partial charge on any atom is 0.256 e. The number of aliphatic hydroxyl groups excluding tert-OH is 2. The number of carbonyl (C=O) groups is 4. The number of ketones is 2. The molecule has 7 N–H and O–H groups in total. The third-order valence-corrected chi connectivity index (χ3v) is 8.08. The first kappa shape index (κ1) is 26.2. The predicted octanol–water partition coefficient (Wildman–Crippen LogP) is 1.22. The lowest BCUT2D eigenvalue weighted by atomic mass is 9.54. The van der Waals surface area contributed by atoms with Gasteiger partial charge in [0.1, 0.15) is 29.1 Å². The molecule has 0 aliphatic heterocycles. The average Bonchev–Trinajstić information content (AvgIpc) is 3.40. The highest BCUT2D eigenvalue weighted by atomic mass is 16.5. The molecule has 0 spiro atoms. The number of nitrogens with one attached hydrogen (secondary N) is 1. The number of nitrogens with zero attached hydrogens (tertiary/aromatic N) is 1. The Labute approximate surface area is 221 Å². The van der Waals surface area contributed by atoms with Crippen LogP contribution in [0.15, 0.2) is 46.0 Å². The maximum atomic E-state index is 13.9. The van der Waals surface area contributed by atoms with Crippen LogP contribution in [0.2, 0.25) is 0 Å². The summed E-state index contributed by atoms with van der Waals surface area (Å²) in [5.41, 5.74) is 2.82. The standard InChI is InChI=1S/C27H27N3O9/c1-10(2)17-15-6-12-5-14-11(7-29-26(37)13-8-30-39-9-13)3-4-16(31)19(14)22(33)18(12)23(34)27(15,38)24(35)20(21(17)32)25(28)36/h3-4,8-10,12,15,17,31,33,35,38H,5-7H2,1-2H3,(H2,28,36)(H,29,37)/t12-,15-,17-,27-/m0/s1. The van der Waals surface area contributed by atoms with Crippen molar-refractivity contribution >= 4 is 29.1 Å². The average molecular weight is 538 g/mol. The molecule has 204 valence electrons. The smallest absolute Gasteiger partial charge is 0.256 e. The van der Waals surface area contributed by atoms with Crippen LogP contribution >= 0.6 is 0 Å². The Kier molecular flexibility index (Phi) is 6.10. The van der Waals surface area contributed by atoms with Gasteiger partial charge in [0.15, 0.2) is 11.4 Å². The summed E-state index contributed by atoms with van der Waals surface area (Å²) in [6, 6.07) is 2.88. The molecule has 4 atom stereocenters. The van der Waals surface area contributed by atoms with Crippen LogP contribution in [0.25, 0.3) is 5.76 Å². The van der Waals surface area contributed by atoms with E-state index in [0.717, 1.165) is 0 Å². The van der Waals surface area contributed by atoms with Crippen molar-refractivity contribution in [1.82, 2.24) is 10.5 Å². The minimum atomic E-state index is -2.66. The molecule has 1 saturated carbocycles. The molecule has 0 unspecified atom stereocenters. The van der Waals surface area contributed by atoms with Crippen molar-refractivity contribution in [2.45, 2.75) is 38.8 Å². The molecule has 2 aromatic rings. The number of primary amides is 1. The summed E-state index contributed by atoms with van der Waals surface area (Å²) in [4.78, 5) is 51.5. The number of Topliss-reactive ketones (excluding diaryl/α,β-unsaturated/α-hetero) is 2. The number of aliphatic hydroxyl groups is 3. The van der Waals surface area contributed by atoms with Gasteiger partial charge >= 0.3 is 0 Å². The number of carbonyl (C=O) groups excluding carboxylic acids is 4. The van der Waals surface area contributed by atoms with Crippen molar-refractivity contribution in [1.29, 1.82) is 0 Å². The minimum Gasteiger partial charge on any atom is -0.508 e. The summed E-state index contributed by atoms with van der Waals surface area (Å²) < 4.78 is 4.68. The third kappa shape index (κ3) is 3.74. The van der Waals surface area contributed by atoms with Crippen molar-refractivity contribution in [2.24, 2.45) is 29.4 Å². The lowest BCUT2D eigenvalue weighted by Gasteiger charge is -2.50. The predicted molar refractivity (Wildman–Crippen MR) is 133 cm³/mol. The molecule has 5 rings (SSSR count). The highest BCUT2D eigenvalue weighted by molar-refractivity contribution is 6.23. The molecule has 39 heavy (non-hydrogen) atoms. The van der Waals surface area contributed by atoms with E-state index in [0.29, 0.717) is 11.1 Å². The Bertz CT molecular complexity index is 1490. The van der Waals surface area contributed by atoms with Crippen molar-refractivity contribution < 1.29 is 44.1 Å². The maximum absolute atomic E-state index is 13.9. The topological polar surface area (TPSA) is 213 Å². The second kappa shape index (κ2) is 9.09. The molecule has 1 fully saturated rings. The van der Waals surface area contributed by atoms with E-state index in [1.165, 1.54) is 18.5 Å². The fourth-order valence-corrected chi connectivity index (χ4v) is 6.31. The lowest BCUT2D eigenvalue weighted by Crippen LogP contribution is -2.62. The quantitative estimate of drug-likeness (QED) is 0.300. The molecule has 1 aromatic carbocycles. The summed E-state index contributed by atoms with van der Waals surface area (Å²) >= 11 is 0. The van der Waals surface area contributed by atoms with Gasteiger partial charge < -0.3 is 36.0 Å². The van der Waals surface area contributed by atoms with Gasteiger partial charge in [0, 0.05) is 24.0 Å². The van der Waals surface area contributed by atoms with Crippen molar-refractivity contribution in [3.8, 4) is 5.75 Å². The number of hydrogen-bond donors (Lipinski definition) is 6. The van der Waals surface area contributed by atoms with Crippen LogP contribution in [0, 0.1) is 23.7 Å². The van der Waals surface area contributed by atoms with Crippen LogP contribution in [0.3, 0.4) is 0 Å². The zero-order chi connectivity index (χ0) is 28.4. The Balaban J connectivity index is 1.61. The molecule has 3 aliphatic rings. The van der Waals surface area contributed by atoms with E-state index < -0.39 is 69.7 Å². The number of fused-ring (bicyclic) bond motifs is 3. The van der Waals surface area contributed by atoms with E-state index >= 15 is 0 Å². The van der Waals surface area contributed by atoms with Crippen LogP contribution in [0.4, 0.5) is 0 Å². The van der Waals surface area contributed by atoms with Crippen molar-refractivity contribution in [3.05, 3.63) is 63.8 Å². The molecule has 12 heteroatoms. The third-order valence-electron chi connectivity index (χ3n) is 8.08. The first-order chi connectivity index (χ1) is 18.4. The summed E-state index contributed by atoms with van der Waals surface area (Å²) in [7, 11) is 0. The number of benzene rings is 1. The van der Waals surface area contributed by atoms with Gasteiger partial charge in [0.25, 0.3) is 11.8 Å². The molecule has 0 radical (unpaired) electrons. The molecule has 1 heterocycles. The molecule has 3 aliphatic carbocycles. The van der Waals surface area contributed by atoms with E-state index in [4.69, 9.17) is 5.73 Å². The minimum absolute atomic E-state index is 0.00784. The molecule has 0 bridgehead atoms. The van der Waals surface area contributed by atoms with Crippen LogP contribution in [0.1, 0.15) is 47.3 Å². The number of phenols is 1. The van der Waals surface area contributed by atoms with E-state index in [2.05, 4.69) is 15.0 Å². The summed E-state index contributed by atoms with van der Waals surface area (Å²) in [5, 5.41) is 50.7. The fourth-order valence-electron chi connectivity index (χ4n) is 6.31. The van der Waals surface area contributed by atoms with Gasteiger partial charge in [-0.3, -0.25) is 19.2 Å². The Morgan fingerprint density at radius 2 is 1.95 bits per heavy atom. The van der Waals surface area contributed by atoms with Gasteiger partial charge in [-0.15, -0.1) is 0 Å². The SMILES string of the molecule is CC(C)[C@@H]1C(=O)C(C(N)=O)=C(O)[C@@]2(O)C(=O)C3=C(O)c4c(O)ccc(CNC(=O)c5cnoc5)c4C[C@H]3C[C@@H]12. The van der Waals surface area contributed by atoms with Crippen LogP contribution in [-0.4, -0.2) is 54.6 Å². The second-order valence-electron chi connectivity index (χ2n) is 10.5. The Hall–Kier alpha value is -4.45. The first-order valence-corrected chi connectivity index (χ1v) is 12.4. The second-order valence-corrected chi connectivity index (χ2v) is 10.5. The van der Waals surface area contributed by atoms with E-state index in [9.17, 15) is 39.6 Å². The van der Waals surface area contributed by atoms with E-state index in [1.54, 1.807) is 19.9 Å². The first-order valence-electron chi connectivity index (χ1n) is 12.4. The molecular weight excluding hydrogens is 510 g/mol. The zero-order valence-corrected chi connectivity index (χ0v) is 21.1. The van der Waals surface area contributed by atoms with Gasteiger partial charge in [-0.2, -0.15) is 0 Å². The number of phenolic OH excluding ortho intramolecular Hbond substituents is 1. The molecule has 0 saturated heterocycles. The highest BCUT2D eigenvalue weighted by Crippen LogP contribution is 2.54. The lowest BCUT2D eigenvalue weighted by molar-refractivity contribution is -0.155. The van der Waals surface area contributed by atoms with Gasteiger partial charge in [-0.1, -0.05) is 25.1 Å². The van der Waals surface area contributed by atoms with Crippen LogP contribution < -0.4 is 11.1 Å². The van der Waals surface area contributed by atoms with Gasteiger partial charge in [-0.25, -0.2) is 0 Å². The van der Waals surface area contributed by atoms with E-state index in [1.807, 2.05) is 0 Å². The number of nitrogens with two attached hydrogens (primary N) is 1. The number of rotatable bonds is 5. The number of hydrogen-bond acceptors (Lipinski definition) is 10. The largest absolute Gasteiger partial charge is 0.508 e. The van der Waals surface area contributed by atoms with Gasteiger partial charge in [0.05, 0.1) is 17.3 Å². The monoisotopic (exact) mass is 537 g/mol. The molecular formula is C27H27N3O9. The van der Waals surface area contributed by atoms with Crippen LogP contribution in [-0.2, 0) is 27.3 Å². The summed E-state index contributed by atoms with van der Waals surface area (Å²) in [6.45, 7) is 3.41. The zero-order valence-electron chi connectivity index (χ0n) is 21.1. The molecule has 1 aromatic heterocycles. The summed E-state index contributed by atoms with van der Waals surface area (Å²) in [5.74, 6) is -8.80. The van der Waals surface area contributed by atoms with Crippen molar-refractivity contribution in [3.63, 3.8) is 0 Å². The summed E-state index contributed by atoms with van der Waals surface area (Å²) in [6.07, 6.45) is 2.57. The molecule has 2 amide bonds. The Morgan fingerprint density at radius 3 is 2.56 bits per heavy atom. The van der Waals surface area contributed by atoms with Gasteiger partial charge in [-0.05, 0) is 41.9 Å².